The number of imidazole rings is 1. The number of guanidine groups is 1. The topological polar surface area (TPSA) is 191 Å². The number of aliphatic imine (C=N–C) groups is 1. The van der Waals surface area contributed by atoms with Gasteiger partial charge in [0.15, 0.2) is 29.0 Å². The minimum atomic E-state index is -1.08. The molecule has 0 spiro atoms. The van der Waals surface area contributed by atoms with Crippen LogP contribution < -0.4 is 32.6 Å². The molecule has 2 amide bonds. The lowest BCUT2D eigenvalue weighted by atomic mass is 10.0. The standard InChI is InChI=1S/C33H40F2N10O3/c1-3-19-16-20(42-29-30-41-17-25(45(30)15-13-39-29)23-10-11-26(48-2)28(35)27(23)34)8-9-22(19)31(46)43-21-6-5-14-44(18-21)32(47)24(36)7-4-12-40-33(37)38/h8-11,13,15-17,21,24H,3-7,12,14,18,36H2,1-2H3,(H,39,42)(H,43,46)(H4,37,38,40)/t21-,24-/m1/s1. The summed E-state index contributed by atoms with van der Waals surface area (Å²) in [6, 6.07) is 7.27. The number of benzene rings is 2. The summed E-state index contributed by atoms with van der Waals surface area (Å²) in [5, 5.41) is 6.34. The maximum Gasteiger partial charge on any atom is 0.251 e. The number of likely N-dealkylation sites (tertiary alicyclic amines) is 1. The van der Waals surface area contributed by atoms with Crippen LogP contribution >= 0.6 is 0 Å². The van der Waals surface area contributed by atoms with Crippen molar-refractivity contribution in [3.63, 3.8) is 0 Å². The lowest BCUT2D eigenvalue weighted by molar-refractivity contribution is -0.134. The van der Waals surface area contributed by atoms with Crippen molar-refractivity contribution < 1.29 is 23.1 Å². The highest BCUT2D eigenvalue weighted by Crippen LogP contribution is 2.32. The molecule has 15 heteroatoms. The third-order valence-electron chi connectivity index (χ3n) is 8.32. The van der Waals surface area contributed by atoms with E-state index in [2.05, 4.69) is 25.6 Å². The highest BCUT2D eigenvalue weighted by molar-refractivity contribution is 5.96. The Bertz CT molecular complexity index is 1820. The van der Waals surface area contributed by atoms with Crippen LogP contribution in [0.2, 0.25) is 0 Å². The Balaban J connectivity index is 1.26. The van der Waals surface area contributed by atoms with E-state index in [0.717, 1.165) is 18.4 Å². The van der Waals surface area contributed by atoms with Gasteiger partial charge in [0, 0.05) is 54.9 Å². The van der Waals surface area contributed by atoms with Gasteiger partial charge >= 0.3 is 0 Å². The highest BCUT2D eigenvalue weighted by Gasteiger charge is 2.28. The van der Waals surface area contributed by atoms with Crippen molar-refractivity contribution in [3.05, 3.63) is 71.7 Å². The number of rotatable bonds is 12. The first-order chi connectivity index (χ1) is 23.1. The largest absolute Gasteiger partial charge is 0.494 e. The van der Waals surface area contributed by atoms with Gasteiger partial charge < -0.3 is 37.5 Å². The molecule has 254 valence electrons. The number of hydrogen-bond donors (Lipinski definition) is 5. The van der Waals surface area contributed by atoms with Gasteiger partial charge in [0.2, 0.25) is 11.7 Å². The van der Waals surface area contributed by atoms with Crippen LogP contribution in [0.4, 0.5) is 20.3 Å². The van der Waals surface area contributed by atoms with Crippen LogP contribution in [0.3, 0.4) is 0 Å². The molecule has 1 fully saturated rings. The maximum absolute atomic E-state index is 14.9. The van der Waals surface area contributed by atoms with E-state index < -0.39 is 17.7 Å². The van der Waals surface area contributed by atoms with Gasteiger partial charge in [-0.05, 0) is 68.0 Å². The Kier molecular flexibility index (Phi) is 10.7. The Labute approximate surface area is 276 Å². The second-order valence-electron chi connectivity index (χ2n) is 11.6. The zero-order valence-electron chi connectivity index (χ0n) is 26.9. The minimum absolute atomic E-state index is 0.00359. The third kappa shape index (κ3) is 7.46. The maximum atomic E-state index is 14.9. The molecule has 0 aliphatic carbocycles. The summed E-state index contributed by atoms with van der Waals surface area (Å²) in [5.74, 6) is -2.32. The molecule has 4 aromatic rings. The summed E-state index contributed by atoms with van der Waals surface area (Å²) in [4.78, 5) is 40.9. The fourth-order valence-electron chi connectivity index (χ4n) is 5.85. The predicted molar refractivity (Wildman–Crippen MR) is 179 cm³/mol. The van der Waals surface area contributed by atoms with Crippen molar-refractivity contribution in [1.29, 1.82) is 0 Å². The van der Waals surface area contributed by atoms with E-state index in [4.69, 9.17) is 21.9 Å². The van der Waals surface area contributed by atoms with E-state index >= 15 is 0 Å². The average Bonchev–Trinajstić information content (AvgIpc) is 3.52. The molecule has 1 aliphatic rings. The van der Waals surface area contributed by atoms with E-state index in [1.807, 2.05) is 13.0 Å². The number of methoxy groups -OCH3 is 1. The first kappa shape index (κ1) is 34.0. The molecule has 1 saturated heterocycles. The average molecular weight is 663 g/mol. The van der Waals surface area contributed by atoms with E-state index in [9.17, 15) is 18.4 Å². The van der Waals surface area contributed by atoms with Crippen LogP contribution in [0.1, 0.15) is 48.5 Å². The smallest absolute Gasteiger partial charge is 0.251 e. The molecule has 2 atom stereocenters. The first-order valence-corrected chi connectivity index (χ1v) is 15.8. The summed E-state index contributed by atoms with van der Waals surface area (Å²) in [7, 11) is 1.27. The van der Waals surface area contributed by atoms with Gasteiger partial charge in [-0.3, -0.25) is 19.0 Å². The number of carbonyl (C=O) groups is 2. The molecule has 3 heterocycles. The molecule has 0 radical (unpaired) electrons. The number of nitrogens with zero attached hydrogens (tertiary/aromatic N) is 5. The van der Waals surface area contributed by atoms with Crippen LogP contribution in [0.25, 0.3) is 16.9 Å². The summed E-state index contributed by atoms with van der Waals surface area (Å²) in [6.07, 6.45) is 7.69. The van der Waals surface area contributed by atoms with Gasteiger partial charge in [0.25, 0.3) is 5.91 Å². The molecular weight excluding hydrogens is 622 g/mol. The number of aromatic nitrogens is 3. The van der Waals surface area contributed by atoms with Crippen LogP contribution in [-0.4, -0.2) is 75.9 Å². The summed E-state index contributed by atoms with van der Waals surface area (Å²) >= 11 is 0. The number of piperidine rings is 1. The van der Waals surface area contributed by atoms with Crippen LogP contribution in [-0.2, 0) is 11.2 Å². The predicted octanol–water partition coefficient (Wildman–Crippen LogP) is 3.09. The molecule has 1 aliphatic heterocycles. The number of nitrogens with one attached hydrogen (secondary N) is 2. The Morgan fingerprint density at radius 3 is 2.73 bits per heavy atom. The first-order valence-electron chi connectivity index (χ1n) is 15.8. The minimum Gasteiger partial charge on any atom is -0.494 e. The van der Waals surface area contributed by atoms with Gasteiger partial charge in [0.05, 0.1) is 25.0 Å². The second-order valence-corrected chi connectivity index (χ2v) is 11.6. The van der Waals surface area contributed by atoms with Crippen molar-refractivity contribution in [1.82, 2.24) is 24.6 Å². The molecule has 0 saturated carbocycles. The quantitative estimate of drug-likeness (QED) is 0.0862. The lowest BCUT2D eigenvalue weighted by Gasteiger charge is -2.34. The van der Waals surface area contributed by atoms with Gasteiger partial charge in [-0.1, -0.05) is 6.92 Å². The zero-order valence-corrected chi connectivity index (χ0v) is 26.9. The van der Waals surface area contributed by atoms with Crippen LogP contribution in [0, 0.1) is 11.6 Å². The fraction of sp³-hybridized carbons (Fsp3) is 0.364. The number of aryl methyl sites for hydroxylation is 1. The number of fused-ring (bicyclic) bond motifs is 1. The second kappa shape index (κ2) is 15.1. The van der Waals surface area contributed by atoms with Crippen LogP contribution in [0.5, 0.6) is 5.75 Å². The lowest BCUT2D eigenvalue weighted by Crippen LogP contribution is -2.53. The molecule has 2 aromatic heterocycles. The highest BCUT2D eigenvalue weighted by atomic mass is 19.2. The van der Waals surface area contributed by atoms with Gasteiger partial charge in [-0.2, -0.15) is 4.39 Å². The third-order valence-corrected chi connectivity index (χ3v) is 8.32. The van der Waals surface area contributed by atoms with Gasteiger partial charge in [-0.15, -0.1) is 0 Å². The number of nitrogens with two attached hydrogens (primary N) is 3. The normalized spacial score (nSPS) is 15.2. The van der Waals surface area contributed by atoms with E-state index in [1.165, 1.54) is 31.6 Å². The summed E-state index contributed by atoms with van der Waals surface area (Å²) in [5.41, 5.74) is 19.6. The number of halogens is 2. The molecular formula is C33H40F2N10O3. The number of anilines is 2. The Morgan fingerprint density at radius 2 is 1.98 bits per heavy atom. The van der Waals surface area contributed by atoms with Gasteiger partial charge in [-0.25, -0.2) is 14.4 Å². The number of amides is 2. The van der Waals surface area contributed by atoms with Crippen molar-refractivity contribution in [2.24, 2.45) is 22.2 Å². The Morgan fingerprint density at radius 1 is 1.17 bits per heavy atom. The molecule has 2 aromatic carbocycles. The van der Waals surface area contributed by atoms with E-state index in [-0.39, 0.29) is 35.1 Å². The van der Waals surface area contributed by atoms with E-state index in [0.29, 0.717) is 67.3 Å². The van der Waals surface area contributed by atoms with Crippen LogP contribution in [0.15, 0.2) is 53.9 Å². The fourth-order valence-corrected chi connectivity index (χ4v) is 5.85. The zero-order chi connectivity index (χ0) is 34.4. The number of hydrogen-bond acceptors (Lipinski definition) is 8. The van der Waals surface area contributed by atoms with Crippen molar-refractivity contribution in [2.45, 2.75) is 51.1 Å². The molecule has 8 N–H and O–H groups in total. The molecule has 5 rings (SSSR count). The molecule has 13 nitrogen and oxygen atoms in total. The van der Waals surface area contributed by atoms with Crippen molar-refractivity contribution in [3.8, 4) is 17.0 Å². The number of ether oxygens (including phenoxy) is 1. The van der Waals surface area contributed by atoms with Crippen molar-refractivity contribution >= 4 is 34.9 Å². The monoisotopic (exact) mass is 662 g/mol. The number of carbonyl (C=O) groups excluding carboxylic acids is 2. The van der Waals surface area contributed by atoms with Crippen molar-refractivity contribution in [2.75, 3.05) is 32.1 Å². The van der Waals surface area contributed by atoms with Gasteiger partial charge in [0.1, 0.15) is 0 Å². The molecule has 0 bridgehead atoms. The SMILES string of the molecule is CCc1cc(Nc2nccn3c(-c4ccc(OC)c(F)c4F)cnc23)ccc1C(=O)N[C@@H]1CCCN(C(=O)[C@H](N)CCCN=C(N)N)C1. The summed E-state index contributed by atoms with van der Waals surface area (Å²) < 4.78 is 35.8. The molecule has 48 heavy (non-hydrogen) atoms. The van der Waals surface area contributed by atoms with E-state index in [1.54, 1.807) is 27.6 Å². The Hall–Kier alpha value is -5.31. The summed E-state index contributed by atoms with van der Waals surface area (Å²) in [6.45, 7) is 3.31. The molecule has 0 unspecified atom stereocenters.